The molecular weight excluding hydrogens is 234 g/mol. The third-order valence-electron chi connectivity index (χ3n) is 4.11. The molecule has 3 heteroatoms. The molecule has 0 amide bonds. The normalized spacial score (nSPS) is 17.0. The van der Waals surface area contributed by atoms with E-state index < -0.39 is 0 Å². The smallest absolute Gasteiger partial charge is 0.109 e. The lowest BCUT2D eigenvalue weighted by atomic mass is 9.99. The van der Waals surface area contributed by atoms with Crippen molar-refractivity contribution in [1.29, 1.82) is 0 Å². The van der Waals surface area contributed by atoms with Gasteiger partial charge in [0, 0.05) is 37.7 Å². The summed E-state index contributed by atoms with van der Waals surface area (Å²) in [6.45, 7) is 13.6. The lowest BCUT2D eigenvalue weighted by Gasteiger charge is -2.27. The fourth-order valence-electron chi connectivity index (χ4n) is 3.24. The van der Waals surface area contributed by atoms with E-state index in [-0.39, 0.29) is 0 Å². The second kappa shape index (κ2) is 6.08. The molecule has 0 spiro atoms. The van der Waals surface area contributed by atoms with Gasteiger partial charge in [-0.05, 0) is 18.3 Å². The number of nitrogens with one attached hydrogen (secondary N) is 1. The summed E-state index contributed by atoms with van der Waals surface area (Å²) in [5.74, 6) is 2.65. The van der Waals surface area contributed by atoms with E-state index in [1.807, 2.05) is 0 Å². The fourth-order valence-corrected chi connectivity index (χ4v) is 3.24. The van der Waals surface area contributed by atoms with E-state index in [0.29, 0.717) is 17.9 Å². The second-order valence-electron chi connectivity index (χ2n) is 6.54. The average molecular weight is 263 g/mol. The van der Waals surface area contributed by atoms with Crippen LogP contribution in [0.4, 0.5) is 0 Å². The predicted molar refractivity (Wildman–Crippen MR) is 80.3 cm³/mol. The zero-order valence-corrected chi connectivity index (χ0v) is 13.2. The number of hydrogen-bond acceptors (Lipinski definition) is 2. The SMILES string of the molecule is CCC(C(C)C)n1c(CC(C)C)nc2c1CCNC2. The molecule has 108 valence electrons. The van der Waals surface area contributed by atoms with E-state index in [4.69, 9.17) is 4.98 Å². The molecule has 0 bridgehead atoms. The van der Waals surface area contributed by atoms with E-state index in [0.717, 1.165) is 25.9 Å². The average Bonchev–Trinajstić information content (AvgIpc) is 2.68. The van der Waals surface area contributed by atoms with Crippen molar-refractivity contribution in [2.75, 3.05) is 6.54 Å². The minimum atomic E-state index is 0.600. The summed E-state index contributed by atoms with van der Waals surface area (Å²) in [4.78, 5) is 4.94. The van der Waals surface area contributed by atoms with Crippen LogP contribution in [0.3, 0.4) is 0 Å². The monoisotopic (exact) mass is 263 g/mol. The van der Waals surface area contributed by atoms with Crippen LogP contribution in [-0.2, 0) is 19.4 Å². The van der Waals surface area contributed by atoms with Gasteiger partial charge >= 0.3 is 0 Å². The first-order valence-electron chi connectivity index (χ1n) is 7.84. The lowest BCUT2D eigenvalue weighted by molar-refractivity contribution is 0.342. The number of imidazole rings is 1. The highest BCUT2D eigenvalue weighted by Crippen LogP contribution is 2.29. The molecule has 0 aromatic carbocycles. The van der Waals surface area contributed by atoms with Gasteiger partial charge in [-0.15, -0.1) is 0 Å². The molecule has 2 heterocycles. The maximum atomic E-state index is 4.94. The zero-order valence-electron chi connectivity index (χ0n) is 13.2. The van der Waals surface area contributed by atoms with Gasteiger partial charge in [-0.1, -0.05) is 34.6 Å². The van der Waals surface area contributed by atoms with Gasteiger partial charge in [0.1, 0.15) is 5.82 Å². The Bertz CT molecular complexity index is 418. The van der Waals surface area contributed by atoms with Crippen molar-refractivity contribution in [1.82, 2.24) is 14.9 Å². The minimum Gasteiger partial charge on any atom is -0.328 e. The maximum Gasteiger partial charge on any atom is 0.109 e. The highest BCUT2D eigenvalue weighted by atomic mass is 15.1. The third-order valence-corrected chi connectivity index (χ3v) is 4.11. The lowest BCUT2D eigenvalue weighted by Crippen LogP contribution is -2.27. The van der Waals surface area contributed by atoms with E-state index in [9.17, 15) is 0 Å². The van der Waals surface area contributed by atoms with Crippen molar-refractivity contribution < 1.29 is 0 Å². The minimum absolute atomic E-state index is 0.600. The summed E-state index contributed by atoms with van der Waals surface area (Å²) < 4.78 is 2.58. The summed E-state index contributed by atoms with van der Waals surface area (Å²) in [7, 11) is 0. The van der Waals surface area contributed by atoms with E-state index in [2.05, 4.69) is 44.5 Å². The molecule has 3 nitrogen and oxygen atoms in total. The van der Waals surface area contributed by atoms with Crippen LogP contribution in [-0.4, -0.2) is 16.1 Å². The summed E-state index contributed by atoms with van der Waals surface area (Å²) in [6.07, 6.45) is 3.42. The van der Waals surface area contributed by atoms with Gasteiger partial charge in [-0.2, -0.15) is 0 Å². The molecule has 1 aliphatic heterocycles. The first-order valence-corrected chi connectivity index (χ1v) is 7.84. The molecule has 1 unspecified atom stereocenters. The Hall–Kier alpha value is -0.830. The van der Waals surface area contributed by atoms with Gasteiger partial charge < -0.3 is 9.88 Å². The fraction of sp³-hybridized carbons (Fsp3) is 0.812. The summed E-state index contributed by atoms with van der Waals surface area (Å²) >= 11 is 0. The summed E-state index contributed by atoms with van der Waals surface area (Å²) in [5.41, 5.74) is 2.79. The first kappa shape index (κ1) is 14.6. The largest absolute Gasteiger partial charge is 0.328 e. The van der Waals surface area contributed by atoms with Crippen LogP contribution >= 0.6 is 0 Å². The molecule has 1 aromatic rings. The third kappa shape index (κ3) is 3.02. The Morgan fingerprint density at radius 3 is 2.58 bits per heavy atom. The quantitative estimate of drug-likeness (QED) is 0.883. The van der Waals surface area contributed by atoms with Crippen molar-refractivity contribution in [3.05, 3.63) is 17.2 Å². The van der Waals surface area contributed by atoms with Crippen molar-refractivity contribution >= 4 is 0 Å². The Kier molecular flexibility index (Phi) is 4.67. The molecule has 0 saturated heterocycles. The Balaban J connectivity index is 2.44. The van der Waals surface area contributed by atoms with Crippen molar-refractivity contribution in [3.63, 3.8) is 0 Å². The van der Waals surface area contributed by atoms with Crippen LogP contribution in [0.25, 0.3) is 0 Å². The van der Waals surface area contributed by atoms with Gasteiger partial charge in [0.2, 0.25) is 0 Å². The molecule has 19 heavy (non-hydrogen) atoms. The van der Waals surface area contributed by atoms with Gasteiger partial charge in [0.05, 0.1) is 5.69 Å². The standard InChI is InChI=1S/C16H29N3/c1-6-14(12(4)5)19-15-7-8-17-10-13(15)18-16(19)9-11(2)3/h11-12,14,17H,6-10H2,1-5H3. The van der Waals surface area contributed by atoms with E-state index in [1.165, 1.54) is 23.6 Å². The number of aromatic nitrogens is 2. The first-order chi connectivity index (χ1) is 9.04. The van der Waals surface area contributed by atoms with E-state index in [1.54, 1.807) is 0 Å². The topological polar surface area (TPSA) is 29.9 Å². The molecule has 1 aliphatic rings. The van der Waals surface area contributed by atoms with Gasteiger partial charge in [-0.3, -0.25) is 0 Å². The highest BCUT2D eigenvalue weighted by molar-refractivity contribution is 5.22. The molecule has 0 fully saturated rings. The molecule has 2 rings (SSSR count). The molecule has 0 radical (unpaired) electrons. The van der Waals surface area contributed by atoms with Crippen molar-refractivity contribution in [2.24, 2.45) is 11.8 Å². The highest BCUT2D eigenvalue weighted by Gasteiger charge is 2.25. The predicted octanol–water partition coefficient (Wildman–Crippen LogP) is 3.33. The van der Waals surface area contributed by atoms with Crippen LogP contribution in [0.2, 0.25) is 0 Å². The Morgan fingerprint density at radius 2 is 2.00 bits per heavy atom. The van der Waals surface area contributed by atoms with Crippen LogP contribution < -0.4 is 5.32 Å². The van der Waals surface area contributed by atoms with Crippen LogP contribution in [0, 0.1) is 11.8 Å². The molecule has 1 aromatic heterocycles. The molecule has 1 N–H and O–H groups in total. The Morgan fingerprint density at radius 1 is 1.26 bits per heavy atom. The van der Waals surface area contributed by atoms with E-state index >= 15 is 0 Å². The van der Waals surface area contributed by atoms with Gasteiger partial charge in [0.25, 0.3) is 0 Å². The van der Waals surface area contributed by atoms with Crippen LogP contribution in [0.1, 0.15) is 64.3 Å². The van der Waals surface area contributed by atoms with Crippen LogP contribution in [0.5, 0.6) is 0 Å². The van der Waals surface area contributed by atoms with Gasteiger partial charge in [-0.25, -0.2) is 4.98 Å². The zero-order chi connectivity index (χ0) is 14.0. The summed E-state index contributed by atoms with van der Waals surface area (Å²) in [5, 5.41) is 3.45. The Labute approximate surface area is 117 Å². The second-order valence-corrected chi connectivity index (χ2v) is 6.54. The maximum absolute atomic E-state index is 4.94. The molecule has 1 atom stereocenters. The van der Waals surface area contributed by atoms with Crippen molar-refractivity contribution in [3.8, 4) is 0 Å². The summed E-state index contributed by atoms with van der Waals surface area (Å²) in [6, 6.07) is 0.600. The van der Waals surface area contributed by atoms with Crippen LogP contribution in [0.15, 0.2) is 0 Å². The number of fused-ring (bicyclic) bond motifs is 1. The van der Waals surface area contributed by atoms with Crippen molar-refractivity contribution in [2.45, 2.75) is 66.5 Å². The molecular formula is C16H29N3. The number of hydrogen-bond donors (Lipinski definition) is 1. The van der Waals surface area contributed by atoms with Gasteiger partial charge in [0.15, 0.2) is 0 Å². The number of rotatable bonds is 5. The molecule has 0 aliphatic carbocycles. The number of nitrogens with zero attached hydrogens (tertiary/aromatic N) is 2. The molecule has 0 saturated carbocycles.